The molecule has 1 aromatic heterocycles. The van der Waals surface area contributed by atoms with E-state index in [0.717, 1.165) is 5.56 Å². The first kappa shape index (κ1) is 13.7. The summed E-state index contributed by atoms with van der Waals surface area (Å²) in [7, 11) is 0. The molecule has 0 radical (unpaired) electrons. The summed E-state index contributed by atoms with van der Waals surface area (Å²) in [5.41, 5.74) is 1.62. The maximum atomic E-state index is 11.7. The van der Waals surface area contributed by atoms with E-state index in [9.17, 15) is 9.59 Å². The number of carboxylic acids is 1. The lowest BCUT2D eigenvalue weighted by Crippen LogP contribution is -2.25. The summed E-state index contributed by atoms with van der Waals surface area (Å²) in [6.07, 6.45) is 4.88. The third-order valence-electron chi connectivity index (χ3n) is 2.72. The Labute approximate surface area is 115 Å². The van der Waals surface area contributed by atoms with Crippen LogP contribution in [0.2, 0.25) is 0 Å². The van der Waals surface area contributed by atoms with Crippen LogP contribution in [0.1, 0.15) is 26.3 Å². The number of rotatable bonds is 5. The summed E-state index contributed by atoms with van der Waals surface area (Å²) in [6, 6.07) is 6.57. The number of amides is 1. The maximum absolute atomic E-state index is 11.7. The highest BCUT2D eigenvalue weighted by atomic mass is 16.4. The van der Waals surface area contributed by atoms with Crippen LogP contribution < -0.4 is 5.32 Å². The number of carbonyl (C=O) groups is 2. The van der Waals surface area contributed by atoms with Crippen LogP contribution in [0.5, 0.6) is 0 Å². The highest BCUT2D eigenvalue weighted by molar-refractivity contribution is 5.93. The molecule has 0 spiro atoms. The molecule has 0 saturated carbocycles. The van der Waals surface area contributed by atoms with Gasteiger partial charge in [0, 0.05) is 18.9 Å². The third-order valence-corrected chi connectivity index (χ3v) is 2.72. The average molecular weight is 271 g/mol. The highest BCUT2D eigenvalue weighted by Gasteiger charge is 2.05. The fourth-order valence-corrected chi connectivity index (χ4v) is 1.65. The predicted molar refractivity (Wildman–Crippen MR) is 71.5 cm³/mol. The maximum Gasteiger partial charge on any atom is 0.335 e. The number of nitrogens with one attached hydrogen (secondary N) is 1. The number of nitrogens with zero attached hydrogens (tertiary/aromatic N) is 2. The van der Waals surface area contributed by atoms with Gasteiger partial charge in [-0.05, 0) is 24.1 Å². The van der Waals surface area contributed by atoms with Crippen LogP contribution in [-0.4, -0.2) is 33.5 Å². The summed E-state index contributed by atoms with van der Waals surface area (Å²) in [6.45, 7) is 0.458. The minimum Gasteiger partial charge on any atom is -0.478 e. The molecule has 6 heteroatoms. The van der Waals surface area contributed by atoms with Gasteiger partial charge in [-0.3, -0.25) is 4.79 Å². The number of carboxylic acid groups (broad SMARTS) is 1. The van der Waals surface area contributed by atoms with Crippen molar-refractivity contribution in [3.8, 4) is 0 Å². The molecular formula is C14H13N3O3. The Balaban J connectivity index is 1.84. The molecule has 20 heavy (non-hydrogen) atoms. The molecule has 0 saturated heterocycles. The van der Waals surface area contributed by atoms with Crippen molar-refractivity contribution in [3.63, 3.8) is 0 Å². The highest BCUT2D eigenvalue weighted by Crippen LogP contribution is 2.05. The van der Waals surface area contributed by atoms with Crippen LogP contribution in [0, 0.1) is 0 Å². The molecular weight excluding hydrogens is 258 g/mol. The lowest BCUT2D eigenvalue weighted by Gasteiger charge is -2.05. The van der Waals surface area contributed by atoms with Crippen LogP contribution in [0.4, 0.5) is 0 Å². The van der Waals surface area contributed by atoms with E-state index < -0.39 is 5.97 Å². The van der Waals surface area contributed by atoms with E-state index >= 15 is 0 Å². The zero-order valence-corrected chi connectivity index (χ0v) is 10.6. The third kappa shape index (κ3) is 3.61. The molecule has 0 atom stereocenters. The van der Waals surface area contributed by atoms with Gasteiger partial charge >= 0.3 is 5.97 Å². The first-order valence-corrected chi connectivity index (χ1v) is 6.02. The molecule has 102 valence electrons. The SMILES string of the molecule is O=C(O)c1ccc(CCNC(=O)c2cncnc2)cc1. The molecule has 0 aliphatic carbocycles. The molecule has 1 amide bonds. The molecule has 0 unspecified atom stereocenters. The Morgan fingerprint density at radius 3 is 2.30 bits per heavy atom. The quantitative estimate of drug-likeness (QED) is 0.851. The van der Waals surface area contributed by atoms with Crippen LogP contribution in [0.15, 0.2) is 43.0 Å². The van der Waals surface area contributed by atoms with E-state index in [-0.39, 0.29) is 11.5 Å². The molecule has 0 fully saturated rings. The lowest BCUT2D eigenvalue weighted by molar-refractivity contribution is 0.0696. The zero-order valence-electron chi connectivity index (χ0n) is 10.6. The Morgan fingerprint density at radius 1 is 1.05 bits per heavy atom. The molecule has 2 aromatic rings. The average Bonchev–Trinajstić information content (AvgIpc) is 2.48. The molecule has 6 nitrogen and oxygen atoms in total. The second-order valence-electron chi connectivity index (χ2n) is 4.14. The topological polar surface area (TPSA) is 92.2 Å². The second-order valence-corrected chi connectivity index (χ2v) is 4.14. The fourth-order valence-electron chi connectivity index (χ4n) is 1.65. The summed E-state index contributed by atoms with van der Waals surface area (Å²) in [4.78, 5) is 30.0. The van der Waals surface area contributed by atoms with E-state index in [2.05, 4.69) is 15.3 Å². The van der Waals surface area contributed by atoms with Crippen molar-refractivity contribution < 1.29 is 14.7 Å². The first-order valence-electron chi connectivity index (χ1n) is 6.02. The van der Waals surface area contributed by atoms with E-state index in [0.29, 0.717) is 18.5 Å². The Kier molecular flexibility index (Phi) is 4.39. The summed E-state index contributed by atoms with van der Waals surface area (Å²) in [5.74, 6) is -1.18. The van der Waals surface area contributed by atoms with Crippen molar-refractivity contribution in [1.29, 1.82) is 0 Å². The van der Waals surface area contributed by atoms with Crippen LogP contribution in [0.3, 0.4) is 0 Å². The van der Waals surface area contributed by atoms with Gasteiger partial charge in [-0.15, -0.1) is 0 Å². The van der Waals surface area contributed by atoms with Crippen LogP contribution in [0.25, 0.3) is 0 Å². The fraction of sp³-hybridized carbons (Fsp3) is 0.143. The van der Waals surface area contributed by atoms with Gasteiger partial charge in [-0.2, -0.15) is 0 Å². The van der Waals surface area contributed by atoms with Crippen molar-refractivity contribution in [3.05, 3.63) is 59.7 Å². The van der Waals surface area contributed by atoms with Crippen molar-refractivity contribution in [2.24, 2.45) is 0 Å². The molecule has 0 bridgehead atoms. The molecule has 2 rings (SSSR count). The Morgan fingerprint density at radius 2 is 1.70 bits per heavy atom. The minimum absolute atomic E-state index is 0.229. The zero-order chi connectivity index (χ0) is 14.4. The number of hydrogen-bond donors (Lipinski definition) is 2. The van der Waals surface area contributed by atoms with Gasteiger partial charge in [0.05, 0.1) is 11.1 Å². The molecule has 0 aliphatic heterocycles. The van der Waals surface area contributed by atoms with Crippen molar-refractivity contribution in [2.75, 3.05) is 6.54 Å². The molecule has 0 aliphatic rings. The number of carbonyl (C=O) groups excluding carboxylic acids is 1. The van der Waals surface area contributed by atoms with Crippen molar-refractivity contribution in [2.45, 2.75) is 6.42 Å². The first-order chi connectivity index (χ1) is 9.66. The van der Waals surface area contributed by atoms with Gasteiger partial charge in [-0.1, -0.05) is 12.1 Å². The van der Waals surface area contributed by atoms with Gasteiger partial charge in [0.1, 0.15) is 6.33 Å². The van der Waals surface area contributed by atoms with E-state index in [1.54, 1.807) is 24.3 Å². The van der Waals surface area contributed by atoms with Crippen LogP contribution in [-0.2, 0) is 6.42 Å². The van der Waals surface area contributed by atoms with Crippen molar-refractivity contribution >= 4 is 11.9 Å². The van der Waals surface area contributed by atoms with E-state index in [1.165, 1.54) is 18.7 Å². The molecule has 1 heterocycles. The Bertz CT molecular complexity index is 597. The number of hydrogen-bond acceptors (Lipinski definition) is 4. The number of aromatic carboxylic acids is 1. The smallest absolute Gasteiger partial charge is 0.335 e. The van der Waals surface area contributed by atoms with Gasteiger partial charge < -0.3 is 10.4 Å². The van der Waals surface area contributed by atoms with Crippen molar-refractivity contribution in [1.82, 2.24) is 15.3 Å². The van der Waals surface area contributed by atoms with Gasteiger partial charge in [0.2, 0.25) is 0 Å². The van der Waals surface area contributed by atoms with Gasteiger partial charge in [-0.25, -0.2) is 14.8 Å². The van der Waals surface area contributed by atoms with E-state index in [4.69, 9.17) is 5.11 Å². The lowest BCUT2D eigenvalue weighted by atomic mass is 10.1. The Hall–Kier alpha value is -2.76. The minimum atomic E-state index is -0.950. The molecule has 1 aromatic carbocycles. The number of benzene rings is 1. The van der Waals surface area contributed by atoms with Gasteiger partial charge in [0.15, 0.2) is 0 Å². The summed E-state index contributed by atoms with van der Waals surface area (Å²) in [5, 5.41) is 11.5. The van der Waals surface area contributed by atoms with E-state index in [1.807, 2.05) is 0 Å². The monoisotopic (exact) mass is 271 g/mol. The van der Waals surface area contributed by atoms with Crippen LogP contribution >= 0.6 is 0 Å². The summed E-state index contributed by atoms with van der Waals surface area (Å²) >= 11 is 0. The standard InChI is InChI=1S/C14H13N3O3/c18-13(12-7-15-9-16-8-12)17-6-5-10-1-3-11(4-2-10)14(19)20/h1-4,7-9H,5-6H2,(H,17,18)(H,19,20). The largest absolute Gasteiger partial charge is 0.478 e. The normalized spacial score (nSPS) is 10.0. The number of aromatic nitrogens is 2. The predicted octanol–water partition coefficient (Wildman–Crippen LogP) is 1.15. The second kappa shape index (κ2) is 6.42. The van der Waals surface area contributed by atoms with Gasteiger partial charge in [0.25, 0.3) is 5.91 Å². The summed E-state index contributed by atoms with van der Waals surface area (Å²) < 4.78 is 0. The molecule has 2 N–H and O–H groups in total.